The summed E-state index contributed by atoms with van der Waals surface area (Å²) in [7, 11) is 1.29. The smallest absolute Gasteiger partial charge is 0.311 e. The second kappa shape index (κ2) is 6.03. The SMILES string of the molecule is COC(=O)CCC(=O)Oc1ccc(C)cc1C. The van der Waals surface area contributed by atoms with Crippen LogP contribution in [0.15, 0.2) is 18.2 Å². The molecule has 4 heteroatoms. The lowest BCUT2D eigenvalue weighted by molar-refractivity contribution is -0.144. The molecule has 0 amide bonds. The molecule has 92 valence electrons. The molecule has 17 heavy (non-hydrogen) atoms. The van der Waals surface area contributed by atoms with Crippen LogP contribution in [-0.2, 0) is 14.3 Å². The van der Waals surface area contributed by atoms with Crippen molar-refractivity contribution in [3.63, 3.8) is 0 Å². The zero-order valence-corrected chi connectivity index (χ0v) is 10.3. The minimum absolute atomic E-state index is 0.0278. The number of carbonyl (C=O) groups is 2. The van der Waals surface area contributed by atoms with E-state index < -0.39 is 11.9 Å². The lowest BCUT2D eigenvalue weighted by Gasteiger charge is -2.07. The van der Waals surface area contributed by atoms with E-state index in [9.17, 15) is 9.59 Å². The number of esters is 2. The predicted molar refractivity (Wildman–Crippen MR) is 62.8 cm³/mol. The Bertz CT molecular complexity index is 423. The Balaban J connectivity index is 2.53. The Morgan fingerprint density at radius 3 is 2.35 bits per heavy atom. The normalized spacial score (nSPS) is 9.82. The van der Waals surface area contributed by atoms with E-state index in [1.165, 1.54) is 7.11 Å². The molecule has 0 heterocycles. The Kier molecular flexibility index (Phi) is 4.69. The maximum absolute atomic E-state index is 11.4. The van der Waals surface area contributed by atoms with Crippen LogP contribution in [0.2, 0.25) is 0 Å². The van der Waals surface area contributed by atoms with Gasteiger partial charge in [0.15, 0.2) is 0 Å². The zero-order chi connectivity index (χ0) is 12.8. The molecule has 0 fully saturated rings. The van der Waals surface area contributed by atoms with Gasteiger partial charge in [0.25, 0.3) is 0 Å². The lowest BCUT2D eigenvalue weighted by Crippen LogP contribution is -2.11. The van der Waals surface area contributed by atoms with E-state index in [0.29, 0.717) is 5.75 Å². The van der Waals surface area contributed by atoms with E-state index in [-0.39, 0.29) is 12.8 Å². The summed E-state index contributed by atoms with van der Waals surface area (Å²) in [6.45, 7) is 3.84. The van der Waals surface area contributed by atoms with Crippen LogP contribution < -0.4 is 4.74 Å². The quantitative estimate of drug-likeness (QED) is 0.593. The summed E-state index contributed by atoms with van der Waals surface area (Å²) in [5, 5.41) is 0. The number of methoxy groups -OCH3 is 1. The Hall–Kier alpha value is -1.84. The highest BCUT2D eigenvalue weighted by molar-refractivity contribution is 5.79. The van der Waals surface area contributed by atoms with E-state index >= 15 is 0 Å². The molecule has 0 bridgehead atoms. The molecule has 1 aromatic carbocycles. The third-order valence-electron chi connectivity index (χ3n) is 2.32. The number of carbonyl (C=O) groups excluding carboxylic acids is 2. The number of benzene rings is 1. The van der Waals surface area contributed by atoms with Gasteiger partial charge in [0.1, 0.15) is 5.75 Å². The monoisotopic (exact) mass is 236 g/mol. The van der Waals surface area contributed by atoms with Crippen LogP contribution in [0.5, 0.6) is 5.75 Å². The van der Waals surface area contributed by atoms with Crippen LogP contribution in [0.25, 0.3) is 0 Å². The van der Waals surface area contributed by atoms with Gasteiger partial charge in [-0.25, -0.2) is 0 Å². The van der Waals surface area contributed by atoms with Crippen LogP contribution in [0.4, 0.5) is 0 Å². The molecule has 0 N–H and O–H groups in total. The Morgan fingerprint density at radius 1 is 1.12 bits per heavy atom. The van der Waals surface area contributed by atoms with E-state index in [1.54, 1.807) is 6.07 Å². The molecule has 1 aromatic rings. The van der Waals surface area contributed by atoms with Gasteiger partial charge in [0.05, 0.1) is 20.0 Å². The highest BCUT2D eigenvalue weighted by Gasteiger charge is 2.10. The van der Waals surface area contributed by atoms with Crippen molar-refractivity contribution in [2.24, 2.45) is 0 Å². The molecule has 0 aliphatic heterocycles. The van der Waals surface area contributed by atoms with Gasteiger partial charge >= 0.3 is 11.9 Å². The van der Waals surface area contributed by atoms with E-state index in [4.69, 9.17) is 4.74 Å². The van der Waals surface area contributed by atoms with Gasteiger partial charge < -0.3 is 9.47 Å². The molecule has 1 rings (SSSR count). The first-order valence-electron chi connectivity index (χ1n) is 5.37. The minimum Gasteiger partial charge on any atom is -0.469 e. The van der Waals surface area contributed by atoms with Gasteiger partial charge in [0, 0.05) is 0 Å². The molecule has 0 radical (unpaired) electrons. The third-order valence-corrected chi connectivity index (χ3v) is 2.32. The van der Waals surface area contributed by atoms with Crippen molar-refractivity contribution in [1.29, 1.82) is 0 Å². The summed E-state index contributed by atoms with van der Waals surface area (Å²) in [6, 6.07) is 5.56. The maximum atomic E-state index is 11.4. The van der Waals surface area contributed by atoms with Crippen molar-refractivity contribution in [3.8, 4) is 5.75 Å². The Morgan fingerprint density at radius 2 is 1.76 bits per heavy atom. The van der Waals surface area contributed by atoms with Crippen LogP contribution in [0, 0.1) is 13.8 Å². The fourth-order valence-electron chi connectivity index (χ4n) is 1.39. The van der Waals surface area contributed by atoms with Gasteiger partial charge in [-0.1, -0.05) is 17.7 Å². The molecule has 0 saturated carbocycles. The van der Waals surface area contributed by atoms with Crippen molar-refractivity contribution in [2.45, 2.75) is 26.7 Å². The molecular weight excluding hydrogens is 220 g/mol. The third kappa shape index (κ3) is 4.26. The van der Waals surface area contributed by atoms with Gasteiger partial charge in [-0.3, -0.25) is 9.59 Å². The number of hydrogen-bond acceptors (Lipinski definition) is 4. The van der Waals surface area contributed by atoms with E-state index in [0.717, 1.165) is 11.1 Å². The van der Waals surface area contributed by atoms with Crippen molar-refractivity contribution in [1.82, 2.24) is 0 Å². The summed E-state index contributed by atoms with van der Waals surface area (Å²) in [5.74, 6) is -0.310. The molecule has 0 atom stereocenters. The van der Waals surface area contributed by atoms with Crippen molar-refractivity contribution in [3.05, 3.63) is 29.3 Å². The molecule has 0 unspecified atom stereocenters. The van der Waals surface area contributed by atoms with Gasteiger partial charge in [-0.05, 0) is 25.5 Å². The van der Waals surface area contributed by atoms with Crippen LogP contribution in [0.3, 0.4) is 0 Å². The van der Waals surface area contributed by atoms with Crippen LogP contribution in [-0.4, -0.2) is 19.0 Å². The molecule has 0 aliphatic carbocycles. The first kappa shape index (κ1) is 13.2. The largest absolute Gasteiger partial charge is 0.469 e. The summed E-state index contributed by atoms with van der Waals surface area (Å²) in [4.78, 5) is 22.3. The molecular formula is C13H16O4. The van der Waals surface area contributed by atoms with Crippen LogP contribution in [0.1, 0.15) is 24.0 Å². The average molecular weight is 236 g/mol. The number of hydrogen-bond donors (Lipinski definition) is 0. The van der Waals surface area contributed by atoms with E-state index in [1.807, 2.05) is 26.0 Å². The fourth-order valence-corrected chi connectivity index (χ4v) is 1.39. The van der Waals surface area contributed by atoms with Gasteiger partial charge in [-0.2, -0.15) is 0 Å². The van der Waals surface area contributed by atoms with Crippen molar-refractivity contribution < 1.29 is 19.1 Å². The number of aryl methyl sites for hydroxylation is 2. The summed E-state index contributed by atoms with van der Waals surface area (Å²) in [6.07, 6.45) is 0.0697. The fraction of sp³-hybridized carbons (Fsp3) is 0.385. The molecule has 0 saturated heterocycles. The highest BCUT2D eigenvalue weighted by atomic mass is 16.5. The minimum atomic E-state index is -0.428. The number of rotatable bonds is 4. The molecule has 0 aliphatic rings. The number of ether oxygens (including phenoxy) is 2. The molecule has 4 nitrogen and oxygen atoms in total. The first-order valence-corrected chi connectivity index (χ1v) is 5.37. The predicted octanol–water partition coefficient (Wildman–Crippen LogP) is 2.16. The second-order valence-electron chi connectivity index (χ2n) is 3.82. The molecule has 0 spiro atoms. The summed E-state index contributed by atoms with van der Waals surface area (Å²) < 4.78 is 9.59. The first-order chi connectivity index (χ1) is 8.02. The van der Waals surface area contributed by atoms with Crippen molar-refractivity contribution >= 4 is 11.9 Å². The second-order valence-corrected chi connectivity index (χ2v) is 3.82. The van der Waals surface area contributed by atoms with Gasteiger partial charge in [0.2, 0.25) is 0 Å². The standard InChI is InChI=1S/C13H16O4/c1-9-4-5-11(10(2)8-9)17-13(15)7-6-12(14)16-3/h4-5,8H,6-7H2,1-3H3. The Labute approximate surface area is 101 Å². The summed E-state index contributed by atoms with van der Waals surface area (Å²) >= 11 is 0. The topological polar surface area (TPSA) is 52.6 Å². The van der Waals surface area contributed by atoms with Gasteiger partial charge in [-0.15, -0.1) is 0 Å². The summed E-state index contributed by atoms with van der Waals surface area (Å²) in [5.41, 5.74) is 2.01. The lowest BCUT2D eigenvalue weighted by atomic mass is 10.1. The van der Waals surface area contributed by atoms with E-state index in [2.05, 4.69) is 4.74 Å². The van der Waals surface area contributed by atoms with Crippen molar-refractivity contribution in [2.75, 3.05) is 7.11 Å². The average Bonchev–Trinajstić information content (AvgIpc) is 2.29. The zero-order valence-electron chi connectivity index (χ0n) is 10.3. The molecule has 0 aromatic heterocycles. The maximum Gasteiger partial charge on any atom is 0.311 e. The highest BCUT2D eigenvalue weighted by Crippen LogP contribution is 2.19. The van der Waals surface area contributed by atoms with Crippen LogP contribution >= 0.6 is 0 Å².